The smallest absolute Gasteiger partial charge is 0.102 e. The van der Waals surface area contributed by atoms with E-state index in [2.05, 4.69) is 80.1 Å². The summed E-state index contributed by atoms with van der Waals surface area (Å²) in [6.07, 6.45) is 1.22. The molecule has 17 heavy (non-hydrogen) atoms. The molecule has 96 valence electrons. The van der Waals surface area contributed by atoms with Crippen LogP contribution in [0, 0.1) is 5.41 Å². The van der Waals surface area contributed by atoms with Crippen molar-refractivity contribution in [3.8, 4) is 0 Å². The fraction of sp³-hybridized carbons (Fsp3) is 0.600. The molecular formula is C15H25BrN+. The van der Waals surface area contributed by atoms with Crippen molar-refractivity contribution < 1.29 is 5.32 Å². The second-order valence-electron chi connectivity index (χ2n) is 6.76. The van der Waals surface area contributed by atoms with Gasteiger partial charge in [-0.25, -0.2) is 0 Å². The molecule has 0 unspecified atom stereocenters. The number of rotatable bonds is 4. The van der Waals surface area contributed by atoms with Gasteiger partial charge in [0.25, 0.3) is 0 Å². The van der Waals surface area contributed by atoms with Crippen molar-refractivity contribution in [1.82, 2.24) is 0 Å². The molecular weight excluding hydrogens is 274 g/mol. The summed E-state index contributed by atoms with van der Waals surface area (Å²) in [7, 11) is 0. The van der Waals surface area contributed by atoms with Crippen LogP contribution in [0.4, 0.5) is 0 Å². The summed E-state index contributed by atoms with van der Waals surface area (Å²) in [5.41, 5.74) is 2.07. The molecule has 0 fully saturated rings. The van der Waals surface area contributed by atoms with Crippen molar-refractivity contribution in [3.63, 3.8) is 0 Å². The molecule has 0 saturated heterocycles. The van der Waals surface area contributed by atoms with Crippen molar-refractivity contribution in [3.05, 3.63) is 34.3 Å². The van der Waals surface area contributed by atoms with Gasteiger partial charge in [-0.05, 0) is 31.4 Å². The fourth-order valence-electron chi connectivity index (χ4n) is 2.45. The molecule has 0 saturated carbocycles. The van der Waals surface area contributed by atoms with Crippen LogP contribution in [0.25, 0.3) is 0 Å². The summed E-state index contributed by atoms with van der Waals surface area (Å²) in [6, 6.07) is 8.60. The molecule has 0 aromatic heterocycles. The molecule has 0 aliphatic rings. The molecule has 2 N–H and O–H groups in total. The van der Waals surface area contributed by atoms with Gasteiger partial charge in [0.05, 0.1) is 5.54 Å². The fourth-order valence-corrected chi connectivity index (χ4v) is 2.72. The number of nitrogens with two attached hydrogens (primary N) is 1. The lowest BCUT2D eigenvalue weighted by molar-refractivity contribution is -0.737. The standard InChI is InChI=1S/C15H24BrN/c1-14(2,3)11-15(4,5)17-10-12-6-8-13(16)9-7-12/h6-9,17H,10-11H2,1-5H3/p+1. The third kappa shape index (κ3) is 6.23. The van der Waals surface area contributed by atoms with Crippen LogP contribution in [0.1, 0.15) is 46.6 Å². The van der Waals surface area contributed by atoms with Gasteiger partial charge in [0, 0.05) is 16.5 Å². The number of quaternary nitrogens is 1. The van der Waals surface area contributed by atoms with E-state index in [4.69, 9.17) is 0 Å². The van der Waals surface area contributed by atoms with Crippen LogP contribution in [0.3, 0.4) is 0 Å². The van der Waals surface area contributed by atoms with Gasteiger partial charge in [-0.15, -0.1) is 0 Å². The van der Waals surface area contributed by atoms with E-state index < -0.39 is 0 Å². The topological polar surface area (TPSA) is 16.6 Å². The van der Waals surface area contributed by atoms with Crippen LogP contribution in [0.2, 0.25) is 0 Å². The molecule has 0 radical (unpaired) electrons. The minimum Gasteiger partial charge on any atom is -0.338 e. The first-order chi connectivity index (χ1) is 7.68. The minimum absolute atomic E-state index is 0.297. The van der Waals surface area contributed by atoms with E-state index in [1.54, 1.807) is 0 Å². The Morgan fingerprint density at radius 2 is 1.53 bits per heavy atom. The van der Waals surface area contributed by atoms with Gasteiger partial charge in [-0.3, -0.25) is 0 Å². The normalized spacial score (nSPS) is 12.8. The third-order valence-corrected chi connectivity index (χ3v) is 3.32. The maximum atomic E-state index is 3.47. The molecule has 0 heterocycles. The SMILES string of the molecule is CC(C)(C)CC(C)(C)[NH2+]Cc1ccc(Br)cc1. The molecule has 1 rings (SSSR count). The number of hydrogen-bond donors (Lipinski definition) is 1. The molecule has 0 aliphatic heterocycles. The highest BCUT2D eigenvalue weighted by Crippen LogP contribution is 2.24. The van der Waals surface area contributed by atoms with Gasteiger partial charge in [0.2, 0.25) is 0 Å². The highest BCUT2D eigenvalue weighted by Gasteiger charge is 2.27. The predicted molar refractivity (Wildman–Crippen MR) is 77.9 cm³/mol. The van der Waals surface area contributed by atoms with Crippen LogP contribution in [0.15, 0.2) is 28.7 Å². The van der Waals surface area contributed by atoms with E-state index in [9.17, 15) is 0 Å². The Morgan fingerprint density at radius 1 is 1.00 bits per heavy atom. The minimum atomic E-state index is 0.297. The van der Waals surface area contributed by atoms with Gasteiger partial charge in [-0.1, -0.05) is 48.8 Å². The molecule has 0 atom stereocenters. The van der Waals surface area contributed by atoms with E-state index in [0.717, 1.165) is 11.0 Å². The summed E-state index contributed by atoms with van der Waals surface area (Å²) in [6.45, 7) is 12.6. The van der Waals surface area contributed by atoms with Crippen molar-refractivity contribution in [2.24, 2.45) is 5.41 Å². The predicted octanol–water partition coefficient (Wildman–Crippen LogP) is 3.73. The van der Waals surface area contributed by atoms with Crippen molar-refractivity contribution >= 4 is 15.9 Å². The molecule has 1 aromatic carbocycles. The lowest BCUT2D eigenvalue weighted by atomic mass is 9.82. The van der Waals surface area contributed by atoms with Gasteiger partial charge >= 0.3 is 0 Å². The Morgan fingerprint density at radius 3 is 2.00 bits per heavy atom. The molecule has 0 spiro atoms. The van der Waals surface area contributed by atoms with Crippen molar-refractivity contribution in [2.45, 2.75) is 53.1 Å². The Balaban J connectivity index is 2.52. The number of benzene rings is 1. The number of halogens is 1. The highest BCUT2D eigenvalue weighted by molar-refractivity contribution is 9.10. The van der Waals surface area contributed by atoms with Gasteiger partial charge < -0.3 is 5.32 Å². The van der Waals surface area contributed by atoms with E-state index in [-0.39, 0.29) is 0 Å². The van der Waals surface area contributed by atoms with E-state index in [1.807, 2.05) is 0 Å². The van der Waals surface area contributed by atoms with Crippen molar-refractivity contribution in [1.29, 1.82) is 0 Å². The Hall–Kier alpha value is -0.340. The van der Waals surface area contributed by atoms with E-state index in [1.165, 1.54) is 12.0 Å². The van der Waals surface area contributed by atoms with Crippen LogP contribution >= 0.6 is 15.9 Å². The Kier molecular flexibility index (Phi) is 4.79. The van der Waals surface area contributed by atoms with Gasteiger partial charge in [0.15, 0.2) is 0 Å². The molecule has 0 amide bonds. The lowest BCUT2D eigenvalue weighted by Crippen LogP contribution is -2.94. The first-order valence-electron chi connectivity index (χ1n) is 6.27. The average molecular weight is 299 g/mol. The zero-order valence-electron chi connectivity index (χ0n) is 11.7. The van der Waals surface area contributed by atoms with Crippen molar-refractivity contribution in [2.75, 3.05) is 0 Å². The van der Waals surface area contributed by atoms with Crippen LogP contribution in [0.5, 0.6) is 0 Å². The highest BCUT2D eigenvalue weighted by atomic mass is 79.9. The second-order valence-corrected chi connectivity index (χ2v) is 7.68. The molecule has 0 aliphatic carbocycles. The molecule has 1 nitrogen and oxygen atoms in total. The monoisotopic (exact) mass is 298 g/mol. The van der Waals surface area contributed by atoms with Crippen LogP contribution in [-0.4, -0.2) is 5.54 Å². The zero-order chi connectivity index (χ0) is 13.1. The molecule has 0 bridgehead atoms. The maximum Gasteiger partial charge on any atom is 0.102 e. The first kappa shape index (κ1) is 14.7. The summed E-state index contributed by atoms with van der Waals surface area (Å²) in [4.78, 5) is 0. The summed E-state index contributed by atoms with van der Waals surface area (Å²) in [5, 5.41) is 2.45. The van der Waals surface area contributed by atoms with E-state index >= 15 is 0 Å². The largest absolute Gasteiger partial charge is 0.338 e. The van der Waals surface area contributed by atoms with Crippen LogP contribution in [-0.2, 0) is 6.54 Å². The van der Waals surface area contributed by atoms with E-state index in [0.29, 0.717) is 11.0 Å². The van der Waals surface area contributed by atoms with Gasteiger partial charge in [-0.2, -0.15) is 0 Å². The lowest BCUT2D eigenvalue weighted by Gasteiger charge is -2.30. The maximum absolute atomic E-state index is 3.47. The molecule has 1 aromatic rings. The van der Waals surface area contributed by atoms with Crippen LogP contribution < -0.4 is 5.32 Å². The Labute approximate surface area is 114 Å². The first-order valence-corrected chi connectivity index (χ1v) is 7.06. The molecule has 2 heteroatoms. The quantitative estimate of drug-likeness (QED) is 0.872. The average Bonchev–Trinajstić information content (AvgIpc) is 2.13. The zero-order valence-corrected chi connectivity index (χ0v) is 13.3. The van der Waals surface area contributed by atoms with Gasteiger partial charge in [0.1, 0.15) is 6.54 Å². The third-order valence-electron chi connectivity index (χ3n) is 2.79. The number of hydrogen-bond acceptors (Lipinski definition) is 0. The second kappa shape index (κ2) is 5.53. The summed E-state index contributed by atoms with van der Waals surface area (Å²) >= 11 is 3.47. The summed E-state index contributed by atoms with van der Waals surface area (Å²) < 4.78 is 1.15. The summed E-state index contributed by atoms with van der Waals surface area (Å²) in [5.74, 6) is 0. The Bertz CT molecular complexity index is 346.